The molecule has 0 spiro atoms. The van der Waals surface area contributed by atoms with E-state index in [9.17, 15) is 14.4 Å². The van der Waals surface area contributed by atoms with Crippen LogP contribution in [-0.2, 0) is 4.79 Å². The number of aromatic nitrogens is 3. The van der Waals surface area contributed by atoms with Gasteiger partial charge in [-0.15, -0.1) is 11.3 Å². The van der Waals surface area contributed by atoms with Crippen molar-refractivity contribution in [2.24, 2.45) is 0 Å². The second-order valence-electron chi connectivity index (χ2n) is 5.97. The van der Waals surface area contributed by atoms with E-state index in [2.05, 4.69) is 21.5 Å². The molecule has 142 valence electrons. The average Bonchev–Trinajstić information content (AvgIpc) is 3.26. The van der Waals surface area contributed by atoms with Crippen LogP contribution in [0.25, 0.3) is 15.7 Å². The number of hydrogen-bond donors (Lipinski definition) is 3. The summed E-state index contributed by atoms with van der Waals surface area (Å²) in [5.41, 5.74) is -0.575. The number of H-pyrrole nitrogens is 1. The number of pyridine rings is 1. The van der Waals surface area contributed by atoms with E-state index in [1.165, 1.54) is 29.0 Å². The number of carbonyl (C=O) groups is 2. The van der Waals surface area contributed by atoms with E-state index in [-0.39, 0.29) is 11.2 Å². The molecule has 8 nitrogen and oxygen atoms in total. The minimum Gasteiger partial charge on any atom is -0.480 e. The van der Waals surface area contributed by atoms with Gasteiger partial charge >= 0.3 is 5.97 Å². The molecular formula is C18H14N4O4S2. The number of amides is 1. The molecule has 1 aromatic carbocycles. The molecule has 10 heteroatoms. The number of thiophene rings is 1. The zero-order valence-electron chi connectivity index (χ0n) is 14.6. The van der Waals surface area contributed by atoms with Gasteiger partial charge in [0.15, 0.2) is 11.1 Å². The first kappa shape index (κ1) is 18.3. The summed E-state index contributed by atoms with van der Waals surface area (Å²) in [7, 11) is 0. The third-order valence-corrected chi connectivity index (χ3v) is 6.12. The molecule has 0 saturated heterocycles. The monoisotopic (exact) mass is 414 g/mol. The summed E-state index contributed by atoms with van der Waals surface area (Å²) in [6, 6.07) is 9.43. The summed E-state index contributed by atoms with van der Waals surface area (Å²) in [4.78, 5) is 41.8. The quantitative estimate of drug-likeness (QED) is 0.462. The molecule has 3 heterocycles. The van der Waals surface area contributed by atoms with E-state index >= 15 is 0 Å². The average molecular weight is 414 g/mol. The summed E-state index contributed by atoms with van der Waals surface area (Å²) in [6.45, 7) is 1.46. The fourth-order valence-corrected chi connectivity index (χ4v) is 4.93. The molecule has 0 fully saturated rings. The summed E-state index contributed by atoms with van der Waals surface area (Å²) >= 11 is 3.09. The maximum absolute atomic E-state index is 12.6. The number of hydrogen-bond acceptors (Lipinski definition) is 6. The van der Waals surface area contributed by atoms with E-state index in [0.29, 0.717) is 5.03 Å². The molecule has 28 heavy (non-hydrogen) atoms. The number of nitrogens with one attached hydrogen (secondary N) is 2. The van der Waals surface area contributed by atoms with E-state index < -0.39 is 23.9 Å². The van der Waals surface area contributed by atoms with Gasteiger partial charge in [0, 0.05) is 25.9 Å². The van der Waals surface area contributed by atoms with E-state index in [0.717, 1.165) is 15.0 Å². The van der Waals surface area contributed by atoms with E-state index in [1.54, 1.807) is 15.9 Å². The van der Waals surface area contributed by atoms with Crippen molar-refractivity contribution in [1.29, 1.82) is 0 Å². The van der Waals surface area contributed by atoms with Crippen LogP contribution in [0, 0.1) is 6.92 Å². The molecule has 4 aromatic rings. The lowest BCUT2D eigenvalue weighted by atomic mass is 10.2. The van der Waals surface area contributed by atoms with Gasteiger partial charge in [-0.05, 0) is 25.1 Å². The molecule has 0 unspecified atom stereocenters. The van der Waals surface area contributed by atoms with Gasteiger partial charge < -0.3 is 10.4 Å². The topological polar surface area (TPSA) is 117 Å². The molecule has 0 aliphatic carbocycles. The fourth-order valence-electron chi connectivity index (χ4n) is 2.87. The normalized spacial score (nSPS) is 11.2. The molecule has 0 atom stereocenters. The Bertz CT molecular complexity index is 1290. The number of rotatable bonds is 5. The predicted octanol–water partition coefficient (Wildman–Crippen LogP) is 2.51. The lowest BCUT2D eigenvalue weighted by Gasteiger charge is -2.08. The van der Waals surface area contributed by atoms with Crippen molar-refractivity contribution >= 4 is 50.7 Å². The van der Waals surface area contributed by atoms with Gasteiger partial charge in [0.05, 0.1) is 0 Å². The number of aryl methyl sites for hydroxylation is 1. The first-order chi connectivity index (χ1) is 13.4. The van der Waals surface area contributed by atoms with E-state index in [1.807, 2.05) is 25.1 Å². The largest absolute Gasteiger partial charge is 0.480 e. The Morgan fingerprint density at radius 2 is 2.18 bits per heavy atom. The molecule has 3 N–H and O–H groups in total. The molecular weight excluding hydrogens is 400 g/mol. The maximum atomic E-state index is 12.6. The first-order valence-corrected chi connectivity index (χ1v) is 9.83. The number of aromatic amines is 1. The number of carboxylic acid groups (broad SMARTS) is 1. The first-order valence-electron chi connectivity index (χ1n) is 8.20. The number of nitrogens with zero attached hydrogens (tertiary/aromatic N) is 2. The van der Waals surface area contributed by atoms with Gasteiger partial charge in [0.25, 0.3) is 5.91 Å². The summed E-state index contributed by atoms with van der Waals surface area (Å²) < 4.78 is 2.69. The number of carboxylic acids is 1. The van der Waals surface area contributed by atoms with Crippen molar-refractivity contribution in [1.82, 2.24) is 19.9 Å². The van der Waals surface area contributed by atoms with Gasteiger partial charge in [0.2, 0.25) is 0 Å². The molecule has 0 radical (unpaired) electrons. The third-order valence-electron chi connectivity index (χ3n) is 4.02. The van der Waals surface area contributed by atoms with Crippen molar-refractivity contribution in [3.05, 3.63) is 57.3 Å². The van der Waals surface area contributed by atoms with Crippen LogP contribution in [0.4, 0.5) is 0 Å². The highest BCUT2D eigenvalue weighted by Crippen LogP contribution is 2.36. The SMILES string of the molecule is Cc1cc2c(Sc3cc(=O)c(C(=O)NCC(=O)O)c4nc[nH]n34)cccc2s1. The summed E-state index contributed by atoms with van der Waals surface area (Å²) in [5.74, 6) is -1.97. The number of carbonyl (C=O) groups excluding carboxylic acids is 1. The summed E-state index contributed by atoms with van der Waals surface area (Å²) in [6.07, 6.45) is 1.38. The highest BCUT2D eigenvalue weighted by Gasteiger charge is 2.20. The van der Waals surface area contributed by atoms with Crippen LogP contribution in [0.5, 0.6) is 0 Å². The van der Waals surface area contributed by atoms with Crippen LogP contribution in [-0.4, -0.2) is 38.1 Å². The van der Waals surface area contributed by atoms with E-state index in [4.69, 9.17) is 5.11 Å². The molecule has 0 bridgehead atoms. The maximum Gasteiger partial charge on any atom is 0.322 e. The fraction of sp³-hybridized carbons (Fsp3) is 0.111. The van der Waals surface area contributed by atoms with Crippen LogP contribution in [0.3, 0.4) is 0 Å². The molecule has 0 saturated carbocycles. The van der Waals surface area contributed by atoms with Crippen LogP contribution in [0.2, 0.25) is 0 Å². The van der Waals surface area contributed by atoms with Crippen LogP contribution < -0.4 is 10.7 Å². The lowest BCUT2D eigenvalue weighted by molar-refractivity contribution is -0.135. The second kappa shape index (κ2) is 7.13. The molecule has 1 amide bonds. The smallest absolute Gasteiger partial charge is 0.322 e. The van der Waals surface area contributed by atoms with Gasteiger partial charge in [-0.1, -0.05) is 17.8 Å². The zero-order chi connectivity index (χ0) is 19.8. The Balaban J connectivity index is 1.78. The second-order valence-corrected chi connectivity index (χ2v) is 8.32. The minimum absolute atomic E-state index is 0.145. The van der Waals surface area contributed by atoms with Gasteiger partial charge in [-0.3, -0.25) is 19.5 Å². The minimum atomic E-state index is -1.20. The summed E-state index contributed by atoms with van der Waals surface area (Å²) in [5, 5.41) is 15.5. The van der Waals surface area contributed by atoms with Crippen LogP contribution >= 0.6 is 23.1 Å². The Morgan fingerprint density at radius 3 is 2.96 bits per heavy atom. The standard InChI is InChI=1S/C18H14N4O4S2/c1-9-5-10-12(27-9)3-2-4-13(10)28-14-6-11(23)16(17-20-8-21-22(14)17)18(26)19-7-15(24)25/h2-6,8H,7H2,1H3,(H,19,26)(H,20,21)(H,24,25). The molecule has 3 aromatic heterocycles. The Morgan fingerprint density at radius 1 is 1.36 bits per heavy atom. The molecule has 4 rings (SSSR count). The Labute approximate surface area is 166 Å². The highest BCUT2D eigenvalue weighted by molar-refractivity contribution is 7.99. The van der Waals surface area contributed by atoms with Gasteiger partial charge in [-0.25, -0.2) is 9.50 Å². The van der Waals surface area contributed by atoms with Gasteiger partial charge in [0.1, 0.15) is 23.5 Å². The Hall–Kier alpha value is -3.11. The van der Waals surface area contributed by atoms with Crippen LogP contribution in [0.1, 0.15) is 15.2 Å². The van der Waals surface area contributed by atoms with Gasteiger partial charge in [-0.2, -0.15) is 0 Å². The van der Waals surface area contributed by atoms with Crippen molar-refractivity contribution in [2.45, 2.75) is 16.8 Å². The third kappa shape index (κ3) is 3.27. The van der Waals surface area contributed by atoms with Crippen molar-refractivity contribution in [3.8, 4) is 0 Å². The van der Waals surface area contributed by atoms with Crippen molar-refractivity contribution in [3.63, 3.8) is 0 Å². The molecule has 0 aliphatic rings. The predicted molar refractivity (Wildman–Crippen MR) is 106 cm³/mol. The highest BCUT2D eigenvalue weighted by atomic mass is 32.2. The number of fused-ring (bicyclic) bond motifs is 2. The van der Waals surface area contributed by atoms with Crippen molar-refractivity contribution in [2.75, 3.05) is 6.54 Å². The van der Waals surface area contributed by atoms with Crippen molar-refractivity contribution < 1.29 is 14.7 Å². The zero-order valence-corrected chi connectivity index (χ0v) is 16.2. The lowest BCUT2D eigenvalue weighted by Crippen LogP contribution is -2.33. The van der Waals surface area contributed by atoms with Crippen LogP contribution in [0.15, 0.2) is 51.4 Å². The Kier molecular flexibility index (Phi) is 4.65. The number of benzene rings is 1. The number of aliphatic carboxylic acids is 1. The molecule has 0 aliphatic heterocycles.